The number of hydrogen-bond donors (Lipinski definition) is 2. The third-order valence-corrected chi connectivity index (χ3v) is 7.94. The molecule has 0 radical (unpaired) electrons. The second-order valence-electron chi connectivity index (χ2n) is 9.85. The van der Waals surface area contributed by atoms with Gasteiger partial charge in [-0.2, -0.15) is 0 Å². The van der Waals surface area contributed by atoms with E-state index in [9.17, 15) is 4.79 Å². The Hall–Kier alpha value is -5.10. The van der Waals surface area contributed by atoms with Crippen molar-refractivity contribution >= 4 is 45.3 Å². The summed E-state index contributed by atoms with van der Waals surface area (Å²) in [7, 11) is 1.60. The lowest BCUT2D eigenvalue weighted by Gasteiger charge is -2.32. The quantitative estimate of drug-likeness (QED) is 0.186. The fraction of sp³-hybridized carbons (Fsp3) is 0.194. The summed E-state index contributed by atoms with van der Waals surface area (Å²) >= 11 is 1.48. The van der Waals surface area contributed by atoms with Crippen molar-refractivity contribution in [3.8, 4) is 27.8 Å². The third kappa shape index (κ3) is 6.24. The number of aromatic nitrogens is 4. The lowest BCUT2D eigenvalue weighted by atomic mass is 10.0. The standard InChI is InChI=1S/C31H28FN7O3S/c1-3-30(40)39-10-7-19(8-11-39)37-26-14-22-25(15-28(26)41-2)35-17-36-31(22)38-24-5-4-20(12-23(24)32)42-21-6-9-34-27(13-21)29-16-33-18-43-29/h3-6,9,12-19,37H,1,7-8,10-11H2,2H3,(H,35,36,38). The molecule has 218 valence electrons. The van der Waals surface area contributed by atoms with Crippen LogP contribution in [0.25, 0.3) is 21.5 Å². The molecule has 10 nitrogen and oxygen atoms in total. The summed E-state index contributed by atoms with van der Waals surface area (Å²) in [6.07, 6.45) is 7.70. The maximum absolute atomic E-state index is 15.3. The molecule has 2 aromatic carbocycles. The summed E-state index contributed by atoms with van der Waals surface area (Å²) in [5.41, 5.74) is 4.10. The number of carbonyl (C=O) groups is 1. The molecule has 1 saturated heterocycles. The van der Waals surface area contributed by atoms with Crippen LogP contribution in [-0.4, -0.2) is 57.0 Å². The second kappa shape index (κ2) is 12.4. The molecule has 1 fully saturated rings. The van der Waals surface area contributed by atoms with Crippen molar-refractivity contribution in [1.29, 1.82) is 0 Å². The van der Waals surface area contributed by atoms with E-state index in [2.05, 4.69) is 37.1 Å². The van der Waals surface area contributed by atoms with Crippen LogP contribution in [0.2, 0.25) is 0 Å². The van der Waals surface area contributed by atoms with Crippen LogP contribution in [-0.2, 0) is 4.79 Å². The number of piperidine rings is 1. The number of ether oxygens (including phenoxy) is 2. The van der Waals surface area contributed by atoms with Crippen LogP contribution < -0.4 is 20.1 Å². The molecule has 5 aromatic rings. The topological polar surface area (TPSA) is 114 Å². The minimum atomic E-state index is -0.506. The summed E-state index contributed by atoms with van der Waals surface area (Å²) in [6.45, 7) is 4.86. The highest BCUT2D eigenvalue weighted by atomic mass is 32.1. The first-order valence-corrected chi connectivity index (χ1v) is 14.5. The van der Waals surface area contributed by atoms with Gasteiger partial charge in [0, 0.05) is 55.1 Å². The molecule has 2 N–H and O–H groups in total. The summed E-state index contributed by atoms with van der Waals surface area (Å²) in [5.74, 6) is 1.39. The Kier molecular flexibility index (Phi) is 8.09. The maximum Gasteiger partial charge on any atom is 0.245 e. The molecule has 3 aromatic heterocycles. The van der Waals surface area contributed by atoms with Crippen molar-refractivity contribution in [1.82, 2.24) is 24.8 Å². The van der Waals surface area contributed by atoms with E-state index >= 15 is 4.39 Å². The Morgan fingerprint density at radius 1 is 1.09 bits per heavy atom. The van der Waals surface area contributed by atoms with Crippen molar-refractivity contribution in [2.75, 3.05) is 30.8 Å². The Labute approximate surface area is 251 Å². The summed E-state index contributed by atoms with van der Waals surface area (Å²) in [6, 6.07) is 12.0. The molecule has 0 saturated carbocycles. The van der Waals surface area contributed by atoms with Gasteiger partial charge in [0.25, 0.3) is 0 Å². The molecule has 12 heteroatoms. The first kappa shape index (κ1) is 28.0. The highest BCUT2D eigenvalue weighted by Gasteiger charge is 2.23. The largest absolute Gasteiger partial charge is 0.495 e. The normalized spacial score (nSPS) is 13.5. The Bertz CT molecular complexity index is 1780. The lowest BCUT2D eigenvalue weighted by Crippen LogP contribution is -2.41. The molecule has 0 aliphatic carbocycles. The minimum Gasteiger partial charge on any atom is -0.495 e. The van der Waals surface area contributed by atoms with Gasteiger partial charge in [-0.3, -0.25) is 14.8 Å². The van der Waals surface area contributed by atoms with Gasteiger partial charge < -0.3 is 25.0 Å². The number of rotatable bonds is 9. The average molecular weight is 598 g/mol. The highest BCUT2D eigenvalue weighted by Crippen LogP contribution is 2.35. The fourth-order valence-electron chi connectivity index (χ4n) is 4.93. The van der Waals surface area contributed by atoms with Gasteiger partial charge in [0.1, 0.15) is 35.2 Å². The molecule has 0 spiro atoms. The van der Waals surface area contributed by atoms with E-state index in [1.54, 1.807) is 54.2 Å². The molecular formula is C31H28FN7O3S. The number of benzene rings is 2. The van der Waals surface area contributed by atoms with E-state index in [0.29, 0.717) is 47.1 Å². The van der Waals surface area contributed by atoms with Crippen LogP contribution in [0.1, 0.15) is 12.8 Å². The molecule has 1 aliphatic heterocycles. The molecule has 43 heavy (non-hydrogen) atoms. The van der Waals surface area contributed by atoms with Gasteiger partial charge in [0.15, 0.2) is 0 Å². The van der Waals surface area contributed by atoms with Gasteiger partial charge in [-0.25, -0.2) is 14.4 Å². The van der Waals surface area contributed by atoms with Crippen LogP contribution in [0.3, 0.4) is 0 Å². The number of nitrogens with one attached hydrogen (secondary N) is 2. The highest BCUT2D eigenvalue weighted by molar-refractivity contribution is 7.13. The number of carbonyl (C=O) groups excluding carboxylic acids is 1. The number of halogens is 1. The molecule has 0 atom stereocenters. The Morgan fingerprint density at radius 3 is 2.67 bits per heavy atom. The molecule has 1 aliphatic rings. The molecular weight excluding hydrogens is 569 g/mol. The van der Waals surface area contributed by atoms with E-state index in [-0.39, 0.29) is 17.6 Å². The van der Waals surface area contributed by atoms with Crippen LogP contribution in [0.4, 0.5) is 21.6 Å². The smallest absolute Gasteiger partial charge is 0.245 e. The number of hydrogen-bond acceptors (Lipinski definition) is 10. The first-order valence-electron chi connectivity index (χ1n) is 13.6. The molecule has 4 heterocycles. The van der Waals surface area contributed by atoms with E-state index in [0.717, 1.165) is 29.1 Å². The number of methoxy groups -OCH3 is 1. The predicted octanol–water partition coefficient (Wildman–Crippen LogP) is 6.42. The van der Waals surface area contributed by atoms with Crippen LogP contribution in [0, 0.1) is 5.82 Å². The second-order valence-corrected chi connectivity index (χ2v) is 10.7. The fourth-order valence-corrected chi connectivity index (χ4v) is 5.52. The Balaban J connectivity index is 1.20. The summed E-state index contributed by atoms with van der Waals surface area (Å²) in [4.78, 5) is 31.9. The Morgan fingerprint density at radius 2 is 1.93 bits per heavy atom. The lowest BCUT2D eigenvalue weighted by molar-refractivity contribution is -0.126. The number of likely N-dealkylation sites (tertiary alicyclic amines) is 1. The van der Waals surface area contributed by atoms with E-state index < -0.39 is 5.82 Å². The van der Waals surface area contributed by atoms with Crippen LogP contribution >= 0.6 is 11.3 Å². The minimum absolute atomic E-state index is 0.0557. The molecule has 0 bridgehead atoms. The number of fused-ring (bicyclic) bond motifs is 1. The molecule has 6 rings (SSSR count). The van der Waals surface area contributed by atoms with E-state index in [4.69, 9.17) is 9.47 Å². The number of nitrogens with zero attached hydrogens (tertiary/aromatic N) is 5. The molecule has 0 unspecified atom stereocenters. The monoisotopic (exact) mass is 597 g/mol. The van der Waals surface area contributed by atoms with Crippen LogP contribution in [0.15, 0.2) is 79.4 Å². The number of thiazole rings is 1. The van der Waals surface area contributed by atoms with Gasteiger partial charge in [0.05, 0.1) is 40.1 Å². The van der Waals surface area contributed by atoms with Gasteiger partial charge in [-0.1, -0.05) is 6.58 Å². The summed E-state index contributed by atoms with van der Waals surface area (Å²) < 4.78 is 26.8. The van der Waals surface area contributed by atoms with Crippen molar-refractivity contribution in [3.05, 3.63) is 85.2 Å². The zero-order valence-electron chi connectivity index (χ0n) is 23.3. The van der Waals surface area contributed by atoms with Crippen LogP contribution in [0.5, 0.6) is 17.2 Å². The predicted molar refractivity (Wildman–Crippen MR) is 165 cm³/mol. The molecule has 1 amide bonds. The number of pyridine rings is 1. The van der Waals surface area contributed by atoms with E-state index in [1.165, 1.54) is 29.8 Å². The number of anilines is 3. The zero-order chi connectivity index (χ0) is 29.8. The van der Waals surface area contributed by atoms with E-state index in [1.807, 2.05) is 12.1 Å². The van der Waals surface area contributed by atoms with Crippen molar-refractivity contribution in [2.24, 2.45) is 0 Å². The number of amides is 1. The van der Waals surface area contributed by atoms with Gasteiger partial charge in [-0.05, 0) is 43.2 Å². The van der Waals surface area contributed by atoms with Gasteiger partial charge >= 0.3 is 0 Å². The first-order chi connectivity index (χ1) is 21.0. The van der Waals surface area contributed by atoms with Crippen molar-refractivity contribution in [3.63, 3.8) is 0 Å². The summed E-state index contributed by atoms with van der Waals surface area (Å²) in [5, 5.41) is 7.35. The van der Waals surface area contributed by atoms with Gasteiger partial charge in [-0.15, -0.1) is 11.3 Å². The maximum atomic E-state index is 15.3. The van der Waals surface area contributed by atoms with Crippen molar-refractivity contribution < 1.29 is 18.7 Å². The zero-order valence-corrected chi connectivity index (χ0v) is 24.1. The average Bonchev–Trinajstić information content (AvgIpc) is 3.58. The van der Waals surface area contributed by atoms with Gasteiger partial charge in [0.2, 0.25) is 5.91 Å². The van der Waals surface area contributed by atoms with Crippen molar-refractivity contribution in [2.45, 2.75) is 18.9 Å². The SMILES string of the molecule is C=CC(=O)N1CCC(Nc2cc3c(Nc4ccc(Oc5ccnc(-c6cncs6)c5)cc4F)ncnc3cc2OC)CC1. The third-order valence-electron chi connectivity index (χ3n) is 7.14.